The van der Waals surface area contributed by atoms with Crippen LogP contribution in [0.1, 0.15) is 16.2 Å². The minimum atomic E-state index is -0.609. The van der Waals surface area contributed by atoms with Crippen molar-refractivity contribution in [3.05, 3.63) is 70.3 Å². The Kier molecular flexibility index (Phi) is 6.92. The number of rotatable bonds is 10. The Morgan fingerprint density at radius 1 is 1.11 bits per heavy atom. The highest BCUT2D eigenvalue weighted by Gasteiger charge is 2.16. The van der Waals surface area contributed by atoms with E-state index in [0.717, 1.165) is 18.1 Å². The molecule has 6 heteroatoms. The molecule has 0 saturated carbocycles. The topological polar surface area (TPSA) is 55.1 Å². The number of aryl methyl sites for hydroxylation is 1. The van der Waals surface area contributed by atoms with E-state index < -0.39 is 6.10 Å². The molecule has 27 heavy (non-hydrogen) atoms. The lowest BCUT2D eigenvalue weighted by Crippen LogP contribution is -2.35. The number of furan rings is 1. The maximum absolute atomic E-state index is 10.5. The number of benzene rings is 1. The molecule has 0 aliphatic carbocycles. The normalized spacial score (nSPS) is 12.3. The highest BCUT2D eigenvalue weighted by atomic mass is 32.1. The molecule has 0 saturated heterocycles. The first-order valence-electron chi connectivity index (χ1n) is 8.86. The Labute approximate surface area is 163 Å². The first kappa shape index (κ1) is 19.5. The lowest BCUT2D eigenvalue weighted by Gasteiger charge is -2.24. The zero-order valence-electron chi connectivity index (χ0n) is 15.6. The lowest BCUT2D eigenvalue weighted by molar-refractivity contribution is 0.0607. The third kappa shape index (κ3) is 5.85. The van der Waals surface area contributed by atoms with E-state index in [9.17, 15) is 5.11 Å². The lowest BCUT2D eigenvalue weighted by atomic mass is 10.2. The van der Waals surface area contributed by atoms with Crippen LogP contribution in [0.25, 0.3) is 0 Å². The molecule has 3 aromatic rings. The van der Waals surface area contributed by atoms with Gasteiger partial charge in [-0.25, -0.2) is 0 Å². The summed E-state index contributed by atoms with van der Waals surface area (Å²) in [6.07, 6.45) is 1.06. The summed E-state index contributed by atoms with van der Waals surface area (Å²) in [6.45, 7) is 4.24. The number of thiophene rings is 1. The van der Waals surface area contributed by atoms with E-state index in [-0.39, 0.29) is 6.61 Å². The fraction of sp³-hybridized carbons (Fsp3) is 0.333. The quantitative estimate of drug-likeness (QED) is 0.568. The van der Waals surface area contributed by atoms with Gasteiger partial charge in [0.1, 0.15) is 30.0 Å². The van der Waals surface area contributed by atoms with Gasteiger partial charge in [-0.2, -0.15) is 0 Å². The van der Waals surface area contributed by atoms with Crippen LogP contribution in [0.3, 0.4) is 0 Å². The summed E-state index contributed by atoms with van der Waals surface area (Å²) in [7, 11) is 1.63. The number of hydrogen-bond donors (Lipinski definition) is 1. The van der Waals surface area contributed by atoms with Crippen LogP contribution >= 0.6 is 11.3 Å². The second kappa shape index (κ2) is 9.60. The summed E-state index contributed by atoms with van der Waals surface area (Å²) in [5, 5.41) is 12.6. The Balaban J connectivity index is 1.57. The number of hydrogen-bond acceptors (Lipinski definition) is 6. The number of nitrogens with zero attached hydrogens (tertiary/aromatic N) is 1. The zero-order valence-corrected chi connectivity index (χ0v) is 16.4. The predicted octanol–water partition coefficient (Wildman–Crippen LogP) is 4.10. The monoisotopic (exact) mass is 387 g/mol. The largest absolute Gasteiger partial charge is 0.497 e. The van der Waals surface area contributed by atoms with Crippen molar-refractivity contribution < 1.29 is 19.0 Å². The highest BCUT2D eigenvalue weighted by molar-refractivity contribution is 7.10. The van der Waals surface area contributed by atoms with Gasteiger partial charge < -0.3 is 19.0 Å². The van der Waals surface area contributed by atoms with Crippen LogP contribution in [-0.2, 0) is 13.1 Å². The van der Waals surface area contributed by atoms with Gasteiger partial charge >= 0.3 is 0 Å². The molecule has 5 nitrogen and oxygen atoms in total. The van der Waals surface area contributed by atoms with Gasteiger partial charge in [-0.15, -0.1) is 11.3 Å². The minimum absolute atomic E-state index is 0.227. The van der Waals surface area contributed by atoms with Gasteiger partial charge in [-0.1, -0.05) is 0 Å². The first-order valence-corrected chi connectivity index (χ1v) is 9.74. The van der Waals surface area contributed by atoms with Gasteiger partial charge in [0.15, 0.2) is 0 Å². The standard InChI is InChI=1S/C21H25NO4S/c1-16-9-11-27-21(16)14-22(13-20-4-3-10-25-20)12-17(23)15-26-19-7-5-18(24-2)6-8-19/h3-11,17,23H,12-15H2,1-2H3. The van der Waals surface area contributed by atoms with Crippen LogP contribution in [0.4, 0.5) is 0 Å². The maximum Gasteiger partial charge on any atom is 0.119 e. The van der Waals surface area contributed by atoms with E-state index in [0.29, 0.717) is 18.8 Å². The molecule has 2 heterocycles. The third-order valence-electron chi connectivity index (χ3n) is 4.27. The van der Waals surface area contributed by atoms with Crippen LogP contribution in [0.15, 0.2) is 58.5 Å². The Morgan fingerprint density at radius 2 is 1.89 bits per heavy atom. The maximum atomic E-state index is 10.5. The van der Waals surface area contributed by atoms with Gasteiger partial charge in [0.2, 0.25) is 0 Å². The third-order valence-corrected chi connectivity index (χ3v) is 5.27. The van der Waals surface area contributed by atoms with Crippen molar-refractivity contribution in [1.82, 2.24) is 4.90 Å². The van der Waals surface area contributed by atoms with Crippen molar-refractivity contribution in [2.24, 2.45) is 0 Å². The smallest absolute Gasteiger partial charge is 0.119 e. The second-order valence-electron chi connectivity index (χ2n) is 6.42. The Hall–Kier alpha value is -2.28. The number of aliphatic hydroxyl groups is 1. The van der Waals surface area contributed by atoms with Crippen molar-refractivity contribution in [3.63, 3.8) is 0 Å². The summed E-state index contributed by atoms with van der Waals surface area (Å²) in [4.78, 5) is 3.48. The summed E-state index contributed by atoms with van der Waals surface area (Å²) < 4.78 is 16.3. The van der Waals surface area contributed by atoms with Crippen LogP contribution < -0.4 is 9.47 Å². The molecular formula is C21H25NO4S. The molecular weight excluding hydrogens is 362 g/mol. The second-order valence-corrected chi connectivity index (χ2v) is 7.42. The van der Waals surface area contributed by atoms with Crippen LogP contribution in [0, 0.1) is 6.92 Å². The van der Waals surface area contributed by atoms with E-state index >= 15 is 0 Å². The van der Waals surface area contributed by atoms with Gasteiger partial charge in [0, 0.05) is 18.0 Å². The summed E-state index contributed by atoms with van der Waals surface area (Å²) in [6, 6.07) is 13.3. The molecule has 3 rings (SSSR count). The van der Waals surface area contributed by atoms with E-state index in [4.69, 9.17) is 13.9 Å². The van der Waals surface area contributed by atoms with E-state index in [1.165, 1.54) is 10.4 Å². The van der Waals surface area contributed by atoms with Crippen molar-refractivity contribution in [2.45, 2.75) is 26.1 Å². The molecule has 0 spiro atoms. The van der Waals surface area contributed by atoms with Crippen LogP contribution in [0.2, 0.25) is 0 Å². The molecule has 1 aromatic carbocycles. The van der Waals surface area contributed by atoms with Crippen LogP contribution in [-0.4, -0.2) is 36.4 Å². The number of aliphatic hydroxyl groups excluding tert-OH is 1. The fourth-order valence-electron chi connectivity index (χ4n) is 2.79. The molecule has 2 aromatic heterocycles. The van der Waals surface area contributed by atoms with E-state index in [1.807, 2.05) is 36.4 Å². The summed E-state index contributed by atoms with van der Waals surface area (Å²) >= 11 is 1.73. The van der Waals surface area contributed by atoms with Gasteiger partial charge in [0.25, 0.3) is 0 Å². The fourth-order valence-corrected chi connectivity index (χ4v) is 3.74. The average molecular weight is 388 g/mol. The van der Waals surface area contributed by atoms with Crippen LogP contribution in [0.5, 0.6) is 11.5 Å². The van der Waals surface area contributed by atoms with E-state index in [1.54, 1.807) is 24.7 Å². The van der Waals surface area contributed by atoms with Crippen molar-refractivity contribution >= 4 is 11.3 Å². The molecule has 0 aliphatic rings. The number of ether oxygens (including phenoxy) is 2. The molecule has 1 N–H and O–H groups in total. The Morgan fingerprint density at radius 3 is 2.52 bits per heavy atom. The molecule has 0 amide bonds. The number of methoxy groups -OCH3 is 1. The Bertz CT molecular complexity index is 798. The predicted molar refractivity (Wildman–Crippen MR) is 106 cm³/mol. The van der Waals surface area contributed by atoms with Crippen molar-refractivity contribution in [1.29, 1.82) is 0 Å². The van der Waals surface area contributed by atoms with Crippen molar-refractivity contribution in [3.8, 4) is 11.5 Å². The molecule has 144 valence electrons. The molecule has 0 bridgehead atoms. The van der Waals surface area contributed by atoms with Gasteiger partial charge in [0.05, 0.1) is 19.9 Å². The molecule has 0 radical (unpaired) electrons. The molecule has 0 aliphatic heterocycles. The molecule has 1 atom stereocenters. The van der Waals surface area contributed by atoms with Gasteiger partial charge in [-0.3, -0.25) is 4.90 Å². The zero-order chi connectivity index (χ0) is 19.1. The first-order chi connectivity index (χ1) is 13.1. The molecule has 0 fully saturated rings. The van der Waals surface area contributed by atoms with Gasteiger partial charge in [-0.05, 0) is 60.3 Å². The average Bonchev–Trinajstić information content (AvgIpc) is 3.32. The SMILES string of the molecule is COc1ccc(OCC(O)CN(Cc2ccco2)Cc2sccc2C)cc1. The summed E-state index contributed by atoms with van der Waals surface area (Å²) in [5.74, 6) is 2.37. The summed E-state index contributed by atoms with van der Waals surface area (Å²) in [5.41, 5.74) is 1.27. The van der Waals surface area contributed by atoms with E-state index in [2.05, 4.69) is 23.3 Å². The molecule has 1 unspecified atom stereocenters. The van der Waals surface area contributed by atoms with Crippen molar-refractivity contribution in [2.75, 3.05) is 20.3 Å². The highest BCUT2D eigenvalue weighted by Crippen LogP contribution is 2.20. The minimum Gasteiger partial charge on any atom is -0.497 e.